The second-order valence-corrected chi connectivity index (χ2v) is 5.59. The first-order valence-electron chi connectivity index (χ1n) is 7.83. The first kappa shape index (κ1) is 20.7. The molecule has 0 atom stereocenters. The maximum atomic E-state index is 11.5. The van der Waals surface area contributed by atoms with Gasteiger partial charge in [0, 0.05) is 18.7 Å². The smallest absolute Gasteiger partial charge is 0.490 e. The molecule has 1 saturated heterocycles. The Labute approximate surface area is 156 Å². The van der Waals surface area contributed by atoms with E-state index in [0.717, 1.165) is 0 Å². The van der Waals surface area contributed by atoms with Gasteiger partial charge in [-0.3, -0.25) is 4.79 Å². The molecule has 9 nitrogen and oxygen atoms in total. The number of benzene rings is 1. The molecule has 3 rings (SSSR count). The number of amides is 1. The van der Waals surface area contributed by atoms with Crippen molar-refractivity contribution < 1.29 is 33.0 Å². The van der Waals surface area contributed by atoms with E-state index in [-0.39, 0.29) is 24.0 Å². The quantitative estimate of drug-likeness (QED) is 0.586. The van der Waals surface area contributed by atoms with Crippen LogP contribution in [0.25, 0.3) is 11.3 Å². The van der Waals surface area contributed by atoms with E-state index in [4.69, 9.17) is 15.6 Å². The Kier molecular flexibility index (Phi) is 6.23. The van der Waals surface area contributed by atoms with Crippen molar-refractivity contribution in [3.05, 3.63) is 30.3 Å². The average molecular weight is 399 g/mol. The number of carbonyl (C=O) groups excluding carboxylic acids is 1. The first-order chi connectivity index (χ1) is 13.1. The third-order valence-electron chi connectivity index (χ3n) is 3.60. The monoisotopic (exact) mass is 399 g/mol. The maximum absolute atomic E-state index is 11.5. The third kappa shape index (κ3) is 5.22. The van der Waals surface area contributed by atoms with E-state index in [1.54, 1.807) is 30.3 Å². The Morgan fingerprint density at radius 1 is 1.25 bits per heavy atom. The molecule has 2 aromatic rings. The summed E-state index contributed by atoms with van der Waals surface area (Å²) in [6.45, 7) is 1.45. The van der Waals surface area contributed by atoms with Gasteiger partial charge in [0.05, 0.1) is 17.9 Å². The molecule has 0 unspecified atom stereocenters. The third-order valence-corrected chi connectivity index (χ3v) is 3.60. The molecule has 0 saturated carbocycles. The van der Waals surface area contributed by atoms with E-state index in [2.05, 4.69) is 15.5 Å². The molecule has 1 fully saturated rings. The van der Waals surface area contributed by atoms with Crippen LogP contribution in [0, 0.1) is 0 Å². The number of phenols is 1. The van der Waals surface area contributed by atoms with Crippen LogP contribution < -0.4 is 16.0 Å². The SMILES string of the molecule is Nc1nnc(-c2ccccc2O)cc1N1CCNC(=O)C1.O=C(O)C(F)(F)F. The molecule has 1 amide bonds. The number of anilines is 2. The molecule has 0 spiro atoms. The fourth-order valence-corrected chi connectivity index (χ4v) is 2.31. The topological polar surface area (TPSA) is 142 Å². The minimum absolute atomic E-state index is 0.0541. The van der Waals surface area contributed by atoms with Gasteiger partial charge in [0.1, 0.15) is 5.75 Å². The van der Waals surface area contributed by atoms with Crippen molar-refractivity contribution in [1.82, 2.24) is 15.5 Å². The van der Waals surface area contributed by atoms with Crippen LogP contribution in [0.3, 0.4) is 0 Å². The standard InChI is InChI=1S/C14H15N5O2.C2HF3O2/c15-14-11(19-6-5-16-13(21)8-19)7-10(17-18-14)9-3-1-2-4-12(9)20;3-2(4,5)1(6)7/h1-4,7,20H,5-6,8H2,(H2,15,18)(H,16,21);(H,6,7). The Hall–Kier alpha value is -3.57. The van der Waals surface area contributed by atoms with Crippen LogP contribution in [0.5, 0.6) is 5.75 Å². The highest BCUT2D eigenvalue weighted by atomic mass is 19.4. The lowest BCUT2D eigenvalue weighted by Crippen LogP contribution is -2.48. The van der Waals surface area contributed by atoms with Crippen molar-refractivity contribution >= 4 is 23.4 Å². The normalized spacial score (nSPS) is 14.0. The summed E-state index contributed by atoms with van der Waals surface area (Å²) in [5.74, 6) is -2.42. The van der Waals surface area contributed by atoms with Crippen molar-refractivity contribution in [3.63, 3.8) is 0 Å². The number of nitrogens with zero attached hydrogens (tertiary/aromatic N) is 3. The number of carboxylic acid groups (broad SMARTS) is 1. The van der Waals surface area contributed by atoms with Gasteiger partial charge >= 0.3 is 12.1 Å². The zero-order valence-electron chi connectivity index (χ0n) is 14.3. The largest absolute Gasteiger partial charge is 0.507 e. The zero-order valence-corrected chi connectivity index (χ0v) is 14.3. The number of piperazine rings is 1. The summed E-state index contributed by atoms with van der Waals surface area (Å²) in [5.41, 5.74) is 7.62. The Morgan fingerprint density at radius 2 is 1.89 bits per heavy atom. The number of halogens is 3. The Balaban J connectivity index is 0.000000345. The number of aliphatic carboxylic acids is 1. The molecular formula is C16H16F3N5O4. The number of hydrogen-bond acceptors (Lipinski definition) is 7. The van der Waals surface area contributed by atoms with Crippen molar-refractivity contribution in [1.29, 1.82) is 0 Å². The molecular weight excluding hydrogens is 383 g/mol. The fourth-order valence-electron chi connectivity index (χ4n) is 2.31. The second kappa shape index (κ2) is 8.41. The number of hydrogen-bond donors (Lipinski definition) is 4. The van der Waals surface area contributed by atoms with Crippen LogP contribution in [-0.2, 0) is 9.59 Å². The second-order valence-electron chi connectivity index (χ2n) is 5.59. The average Bonchev–Trinajstić information content (AvgIpc) is 2.62. The highest BCUT2D eigenvalue weighted by Gasteiger charge is 2.38. The molecule has 0 radical (unpaired) electrons. The van der Waals surface area contributed by atoms with Crippen molar-refractivity contribution in [2.24, 2.45) is 0 Å². The number of para-hydroxylation sites is 1. The van der Waals surface area contributed by atoms with Gasteiger partial charge in [-0.2, -0.15) is 13.2 Å². The van der Waals surface area contributed by atoms with Gasteiger partial charge in [-0.05, 0) is 18.2 Å². The zero-order chi connectivity index (χ0) is 20.9. The van der Waals surface area contributed by atoms with Crippen LogP contribution in [0.15, 0.2) is 30.3 Å². The van der Waals surface area contributed by atoms with Gasteiger partial charge in [-0.1, -0.05) is 12.1 Å². The van der Waals surface area contributed by atoms with Gasteiger partial charge in [-0.15, -0.1) is 10.2 Å². The number of rotatable bonds is 2. The van der Waals surface area contributed by atoms with Crippen LogP contribution >= 0.6 is 0 Å². The predicted molar refractivity (Wildman–Crippen MR) is 92.5 cm³/mol. The van der Waals surface area contributed by atoms with Crippen molar-refractivity contribution in [2.75, 3.05) is 30.3 Å². The number of carboxylic acids is 1. The number of nitrogens with one attached hydrogen (secondary N) is 1. The Morgan fingerprint density at radius 3 is 2.46 bits per heavy atom. The van der Waals surface area contributed by atoms with Crippen LogP contribution in [0.1, 0.15) is 0 Å². The molecule has 1 aliphatic rings. The molecule has 2 heterocycles. The van der Waals surface area contributed by atoms with E-state index >= 15 is 0 Å². The molecule has 150 valence electrons. The van der Waals surface area contributed by atoms with Crippen LogP contribution in [0.2, 0.25) is 0 Å². The number of carbonyl (C=O) groups is 2. The van der Waals surface area contributed by atoms with Gasteiger partial charge in [0.2, 0.25) is 5.91 Å². The lowest BCUT2D eigenvalue weighted by atomic mass is 10.1. The van der Waals surface area contributed by atoms with E-state index in [0.29, 0.717) is 30.0 Å². The van der Waals surface area contributed by atoms with Gasteiger partial charge < -0.3 is 26.2 Å². The number of phenolic OH excluding ortho intramolecular Hbond substituents is 1. The van der Waals surface area contributed by atoms with Crippen LogP contribution in [0.4, 0.5) is 24.7 Å². The van der Waals surface area contributed by atoms with Crippen LogP contribution in [-0.4, -0.2) is 58.1 Å². The van der Waals surface area contributed by atoms with Gasteiger partial charge in [-0.25, -0.2) is 4.79 Å². The first-order valence-corrected chi connectivity index (χ1v) is 7.83. The Bertz CT molecular complexity index is 876. The van der Waals surface area contributed by atoms with E-state index in [1.165, 1.54) is 0 Å². The van der Waals surface area contributed by atoms with E-state index in [1.807, 2.05) is 4.90 Å². The highest BCUT2D eigenvalue weighted by molar-refractivity contribution is 5.84. The summed E-state index contributed by atoms with van der Waals surface area (Å²) in [5, 5.41) is 27.7. The van der Waals surface area contributed by atoms with Crippen molar-refractivity contribution in [2.45, 2.75) is 6.18 Å². The number of alkyl halides is 3. The lowest BCUT2D eigenvalue weighted by molar-refractivity contribution is -0.192. The molecule has 1 aromatic carbocycles. The molecule has 0 bridgehead atoms. The van der Waals surface area contributed by atoms with E-state index in [9.17, 15) is 23.1 Å². The minimum atomic E-state index is -5.08. The maximum Gasteiger partial charge on any atom is 0.490 e. The van der Waals surface area contributed by atoms with Gasteiger partial charge in [0.25, 0.3) is 0 Å². The lowest BCUT2D eigenvalue weighted by Gasteiger charge is -2.29. The fraction of sp³-hybridized carbons (Fsp3) is 0.250. The predicted octanol–water partition coefficient (Wildman–Crippen LogP) is 1.00. The van der Waals surface area contributed by atoms with Gasteiger partial charge in [0.15, 0.2) is 5.82 Å². The summed E-state index contributed by atoms with van der Waals surface area (Å²) in [7, 11) is 0. The van der Waals surface area contributed by atoms with Crippen molar-refractivity contribution in [3.8, 4) is 17.0 Å². The molecule has 1 aromatic heterocycles. The summed E-state index contributed by atoms with van der Waals surface area (Å²) in [6, 6.07) is 8.63. The summed E-state index contributed by atoms with van der Waals surface area (Å²) in [4.78, 5) is 22.2. The number of aromatic nitrogens is 2. The minimum Gasteiger partial charge on any atom is -0.507 e. The number of nitrogens with two attached hydrogens (primary N) is 1. The highest BCUT2D eigenvalue weighted by Crippen LogP contribution is 2.31. The van der Waals surface area contributed by atoms with E-state index < -0.39 is 12.1 Å². The molecule has 1 aliphatic heterocycles. The summed E-state index contributed by atoms with van der Waals surface area (Å²) >= 11 is 0. The number of nitrogen functional groups attached to an aromatic ring is 1. The number of aromatic hydroxyl groups is 1. The summed E-state index contributed by atoms with van der Waals surface area (Å²) in [6.07, 6.45) is -5.08. The summed E-state index contributed by atoms with van der Waals surface area (Å²) < 4.78 is 31.7. The molecule has 0 aliphatic carbocycles. The molecule has 5 N–H and O–H groups in total. The molecule has 12 heteroatoms. The molecule has 28 heavy (non-hydrogen) atoms.